The van der Waals surface area contributed by atoms with Gasteiger partial charge in [0.2, 0.25) is 11.7 Å². The number of methoxy groups -OCH3 is 5. The van der Waals surface area contributed by atoms with Gasteiger partial charge in [0.15, 0.2) is 11.5 Å². The Bertz CT molecular complexity index is 868. The first kappa shape index (κ1) is 21.6. The highest BCUT2D eigenvalue weighted by Crippen LogP contribution is 2.39. The van der Waals surface area contributed by atoms with E-state index in [2.05, 4.69) is 0 Å². The molecule has 7 heteroatoms. The third-order valence-corrected chi connectivity index (χ3v) is 5.22. The monoisotopic (exact) mass is 415 g/mol. The lowest BCUT2D eigenvalue weighted by molar-refractivity contribution is -0.131. The van der Waals surface area contributed by atoms with Crippen molar-refractivity contribution in [2.75, 3.05) is 35.5 Å². The van der Waals surface area contributed by atoms with Crippen molar-refractivity contribution in [1.29, 1.82) is 0 Å². The van der Waals surface area contributed by atoms with Gasteiger partial charge >= 0.3 is 0 Å². The Morgan fingerprint density at radius 2 is 1.50 bits per heavy atom. The fourth-order valence-corrected chi connectivity index (χ4v) is 3.51. The number of nitrogens with zero attached hydrogens (tertiary/aromatic N) is 1. The molecule has 0 N–H and O–H groups in total. The van der Waals surface area contributed by atoms with Crippen molar-refractivity contribution in [2.45, 2.75) is 31.8 Å². The second-order valence-electron chi connectivity index (χ2n) is 7.14. The van der Waals surface area contributed by atoms with E-state index >= 15 is 0 Å². The number of hydrogen-bond donors (Lipinski definition) is 0. The first-order chi connectivity index (χ1) is 14.5. The lowest BCUT2D eigenvalue weighted by atomic mass is 10.1. The molecule has 2 aromatic rings. The molecule has 0 aromatic heterocycles. The largest absolute Gasteiger partial charge is 0.497 e. The molecule has 0 unspecified atom stereocenters. The van der Waals surface area contributed by atoms with E-state index in [4.69, 9.17) is 23.7 Å². The van der Waals surface area contributed by atoms with Gasteiger partial charge in [-0.2, -0.15) is 0 Å². The van der Waals surface area contributed by atoms with Gasteiger partial charge in [-0.05, 0) is 48.7 Å². The summed E-state index contributed by atoms with van der Waals surface area (Å²) < 4.78 is 27.0. The fraction of sp³-hybridized carbons (Fsp3) is 0.435. The second-order valence-corrected chi connectivity index (χ2v) is 7.14. The van der Waals surface area contributed by atoms with Crippen LogP contribution in [0.15, 0.2) is 30.3 Å². The third-order valence-electron chi connectivity index (χ3n) is 5.22. The molecule has 0 atom stereocenters. The topological polar surface area (TPSA) is 66.5 Å². The zero-order valence-electron chi connectivity index (χ0n) is 18.2. The Balaban J connectivity index is 1.84. The smallest absolute Gasteiger partial charge is 0.227 e. The Labute approximate surface area is 177 Å². The number of amides is 1. The van der Waals surface area contributed by atoms with E-state index in [1.54, 1.807) is 35.5 Å². The molecule has 7 nitrogen and oxygen atoms in total. The summed E-state index contributed by atoms with van der Waals surface area (Å²) >= 11 is 0. The Morgan fingerprint density at radius 1 is 0.867 bits per heavy atom. The minimum absolute atomic E-state index is 0.0386. The average molecular weight is 415 g/mol. The minimum Gasteiger partial charge on any atom is -0.497 e. The summed E-state index contributed by atoms with van der Waals surface area (Å²) in [4.78, 5) is 15.2. The second kappa shape index (κ2) is 9.61. The molecular formula is C23H29NO6. The molecular weight excluding hydrogens is 386 g/mol. The number of benzene rings is 2. The Kier molecular flexibility index (Phi) is 6.92. The highest BCUT2D eigenvalue weighted by Gasteiger charge is 2.33. The standard InChI is InChI=1S/C23H29NO6/c1-26-18-8-9-19(27-2)16(13-18)14-24(17-6-7-17)22(25)12-15-10-20(28-3)23(30-5)21(11-15)29-4/h8-11,13,17H,6-7,12,14H2,1-5H3. The molecule has 30 heavy (non-hydrogen) atoms. The van der Waals surface area contributed by atoms with Gasteiger partial charge in [0.05, 0.1) is 42.0 Å². The molecule has 3 rings (SSSR count). The quantitative estimate of drug-likeness (QED) is 0.592. The molecule has 0 heterocycles. The summed E-state index contributed by atoms with van der Waals surface area (Å²) in [6, 6.07) is 9.51. The van der Waals surface area contributed by atoms with E-state index in [-0.39, 0.29) is 18.4 Å². The molecule has 1 saturated carbocycles. The molecule has 1 fully saturated rings. The maximum absolute atomic E-state index is 13.2. The van der Waals surface area contributed by atoms with Crippen LogP contribution in [0.1, 0.15) is 24.0 Å². The normalized spacial score (nSPS) is 12.8. The van der Waals surface area contributed by atoms with Crippen molar-refractivity contribution in [2.24, 2.45) is 0 Å². The molecule has 0 bridgehead atoms. The zero-order chi connectivity index (χ0) is 21.7. The minimum atomic E-state index is 0.0386. The van der Waals surface area contributed by atoms with Crippen LogP contribution in [0, 0.1) is 0 Å². The van der Waals surface area contributed by atoms with Crippen LogP contribution in [0.2, 0.25) is 0 Å². The summed E-state index contributed by atoms with van der Waals surface area (Å²) in [7, 11) is 7.94. The Morgan fingerprint density at radius 3 is 2.00 bits per heavy atom. The molecule has 1 amide bonds. The predicted octanol–water partition coefficient (Wildman–Crippen LogP) is 3.46. The van der Waals surface area contributed by atoms with Crippen molar-refractivity contribution in [3.63, 3.8) is 0 Å². The van der Waals surface area contributed by atoms with Crippen LogP contribution in [0.25, 0.3) is 0 Å². The van der Waals surface area contributed by atoms with E-state index < -0.39 is 0 Å². The van der Waals surface area contributed by atoms with Crippen LogP contribution >= 0.6 is 0 Å². The van der Waals surface area contributed by atoms with Crippen LogP contribution in [-0.4, -0.2) is 52.4 Å². The summed E-state index contributed by atoms with van der Waals surface area (Å²) in [6.07, 6.45) is 2.25. The third kappa shape index (κ3) is 4.72. The van der Waals surface area contributed by atoms with Crippen molar-refractivity contribution in [3.05, 3.63) is 41.5 Å². The van der Waals surface area contributed by atoms with Crippen molar-refractivity contribution < 1.29 is 28.5 Å². The van der Waals surface area contributed by atoms with Gasteiger partial charge in [0.1, 0.15) is 11.5 Å². The van der Waals surface area contributed by atoms with Gasteiger partial charge < -0.3 is 28.6 Å². The Hall–Kier alpha value is -3.09. The SMILES string of the molecule is COc1ccc(OC)c(CN(C(=O)Cc2cc(OC)c(OC)c(OC)c2)C2CC2)c1. The van der Waals surface area contributed by atoms with E-state index in [1.165, 1.54) is 0 Å². The van der Waals surface area contributed by atoms with Gasteiger partial charge in [0, 0.05) is 18.2 Å². The number of rotatable bonds is 10. The van der Waals surface area contributed by atoms with Crippen LogP contribution in [-0.2, 0) is 17.8 Å². The maximum Gasteiger partial charge on any atom is 0.227 e. The van der Waals surface area contributed by atoms with Crippen molar-refractivity contribution >= 4 is 5.91 Å². The van der Waals surface area contributed by atoms with Gasteiger partial charge in [-0.25, -0.2) is 0 Å². The molecule has 0 spiro atoms. The van der Waals surface area contributed by atoms with Gasteiger partial charge in [-0.3, -0.25) is 4.79 Å². The molecule has 0 saturated heterocycles. The number of carbonyl (C=O) groups excluding carboxylic acids is 1. The van der Waals surface area contributed by atoms with Crippen LogP contribution in [0.4, 0.5) is 0 Å². The average Bonchev–Trinajstić information content (AvgIpc) is 3.61. The first-order valence-corrected chi connectivity index (χ1v) is 9.83. The van der Waals surface area contributed by atoms with E-state index in [0.29, 0.717) is 23.8 Å². The summed E-state index contributed by atoms with van der Waals surface area (Å²) in [5, 5.41) is 0. The lowest BCUT2D eigenvalue weighted by Crippen LogP contribution is -2.34. The number of ether oxygens (including phenoxy) is 5. The van der Waals surface area contributed by atoms with Crippen molar-refractivity contribution in [1.82, 2.24) is 4.90 Å². The summed E-state index contributed by atoms with van der Waals surface area (Å²) in [5.41, 5.74) is 1.72. The van der Waals surface area contributed by atoms with Gasteiger partial charge in [0.25, 0.3) is 0 Å². The summed E-state index contributed by atoms with van der Waals surface area (Å²) in [5.74, 6) is 3.09. The molecule has 162 valence electrons. The van der Waals surface area contributed by atoms with E-state index in [1.807, 2.05) is 35.2 Å². The molecule has 0 aliphatic heterocycles. The van der Waals surface area contributed by atoms with Gasteiger partial charge in [-0.1, -0.05) is 0 Å². The number of carbonyl (C=O) groups is 1. The lowest BCUT2D eigenvalue weighted by Gasteiger charge is -2.24. The maximum atomic E-state index is 13.2. The molecule has 2 aromatic carbocycles. The van der Waals surface area contributed by atoms with Crippen LogP contribution in [0.3, 0.4) is 0 Å². The molecule has 0 radical (unpaired) electrons. The predicted molar refractivity (Wildman–Crippen MR) is 113 cm³/mol. The highest BCUT2D eigenvalue weighted by atomic mass is 16.5. The van der Waals surface area contributed by atoms with E-state index in [9.17, 15) is 4.79 Å². The number of hydrogen-bond acceptors (Lipinski definition) is 6. The van der Waals surface area contributed by atoms with Gasteiger partial charge in [-0.15, -0.1) is 0 Å². The fourth-order valence-electron chi connectivity index (χ4n) is 3.51. The summed E-state index contributed by atoms with van der Waals surface area (Å²) in [6.45, 7) is 0.467. The molecule has 1 aliphatic rings. The highest BCUT2D eigenvalue weighted by molar-refractivity contribution is 5.80. The molecule has 1 aliphatic carbocycles. The van der Waals surface area contributed by atoms with Crippen molar-refractivity contribution in [3.8, 4) is 28.7 Å². The van der Waals surface area contributed by atoms with Crippen LogP contribution in [0.5, 0.6) is 28.7 Å². The van der Waals surface area contributed by atoms with E-state index in [0.717, 1.165) is 35.5 Å². The first-order valence-electron chi connectivity index (χ1n) is 9.83. The zero-order valence-corrected chi connectivity index (χ0v) is 18.2. The van der Waals surface area contributed by atoms with Crippen LogP contribution < -0.4 is 23.7 Å².